The molecule has 7 heteroatoms. The van der Waals surface area contributed by atoms with Gasteiger partial charge in [-0.1, -0.05) is 12.1 Å². The number of aryl methyl sites for hydroxylation is 1. The number of H-pyrrole nitrogens is 1. The number of pyridine rings is 1. The van der Waals surface area contributed by atoms with Gasteiger partial charge in [-0.15, -0.1) is 0 Å². The first-order valence-corrected chi connectivity index (χ1v) is 9.46. The highest BCUT2D eigenvalue weighted by Crippen LogP contribution is 2.32. The highest BCUT2D eigenvalue weighted by molar-refractivity contribution is 5.81. The van der Waals surface area contributed by atoms with E-state index in [-0.39, 0.29) is 5.82 Å². The van der Waals surface area contributed by atoms with Crippen molar-refractivity contribution in [2.45, 2.75) is 13.5 Å². The Labute approximate surface area is 169 Å². The molecule has 0 unspecified atom stereocenters. The monoisotopic (exact) mass is 390 g/mol. The molecule has 0 radical (unpaired) electrons. The smallest absolute Gasteiger partial charge is 0.132 e. The molecule has 29 heavy (non-hydrogen) atoms. The van der Waals surface area contributed by atoms with E-state index >= 15 is 0 Å². The molecule has 0 saturated heterocycles. The summed E-state index contributed by atoms with van der Waals surface area (Å²) in [5.41, 5.74) is 5.24. The van der Waals surface area contributed by atoms with Gasteiger partial charge in [-0.25, -0.2) is 9.37 Å². The maximum absolute atomic E-state index is 14.6. The van der Waals surface area contributed by atoms with Gasteiger partial charge in [-0.05, 0) is 50.8 Å². The van der Waals surface area contributed by atoms with Gasteiger partial charge in [0, 0.05) is 42.3 Å². The van der Waals surface area contributed by atoms with Crippen LogP contribution in [0.1, 0.15) is 5.69 Å². The van der Waals surface area contributed by atoms with Gasteiger partial charge >= 0.3 is 0 Å². The first kappa shape index (κ1) is 19.0. The van der Waals surface area contributed by atoms with Gasteiger partial charge in [0.15, 0.2) is 0 Å². The predicted molar refractivity (Wildman–Crippen MR) is 112 cm³/mol. The third kappa shape index (κ3) is 4.09. The molecule has 0 atom stereocenters. The number of nitrogens with one attached hydrogen (secondary N) is 1. The number of hydrogen-bond acceptors (Lipinski definition) is 4. The molecule has 0 fully saturated rings. The minimum absolute atomic E-state index is 0.301. The molecular weight excluding hydrogens is 367 g/mol. The molecule has 0 amide bonds. The van der Waals surface area contributed by atoms with Crippen LogP contribution < -0.4 is 0 Å². The van der Waals surface area contributed by atoms with Crippen LogP contribution in [0.5, 0.6) is 0 Å². The Kier molecular flexibility index (Phi) is 5.22. The largest absolute Gasteiger partial charge is 0.336 e. The Morgan fingerprint density at radius 1 is 1.10 bits per heavy atom. The molecule has 4 aromatic rings. The Bertz CT molecular complexity index is 1130. The van der Waals surface area contributed by atoms with Crippen LogP contribution in [-0.2, 0) is 6.54 Å². The maximum atomic E-state index is 14.6. The van der Waals surface area contributed by atoms with E-state index in [4.69, 9.17) is 0 Å². The van der Waals surface area contributed by atoms with Crippen LogP contribution in [0.3, 0.4) is 0 Å². The highest BCUT2D eigenvalue weighted by Gasteiger charge is 2.15. The molecule has 4 rings (SSSR count). The van der Waals surface area contributed by atoms with Crippen LogP contribution in [0.15, 0.2) is 55.1 Å². The van der Waals surface area contributed by atoms with E-state index in [2.05, 4.69) is 25.1 Å². The fourth-order valence-corrected chi connectivity index (χ4v) is 3.21. The van der Waals surface area contributed by atoms with E-state index < -0.39 is 0 Å². The molecule has 0 bridgehead atoms. The number of imidazole rings is 1. The standard InChI is InChI=1S/C22H23FN6/c1-15-5-4-6-20(26-15)22-18(12-25-27-22)16-7-8-19(23)17(11-16)21-13-29(14-24-21)10-9-28(2)3/h4-8,11-14H,9-10H2,1-3H3,(H,25,27). The number of aromatic nitrogens is 5. The zero-order chi connectivity index (χ0) is 20.4. The lowest BCUT2D eigenvalue weighted by atomic mass is 10.0. The van der Waals surface area contributed by atoms with Gasteiger partial charge in [0.05, 0.1) is 17.7 Å². The fourth-order valence-electron chi connectivity index (χ4n) is 3.21. The summed E-state index contributed by atoms with van der Waals surface area (Å²) in [7, 11) is 4.04. The van der Waals surface area contributed by atoms with Gasteiger partial charge in [0.1, 0.15) is 11.5 Å². The van der Waals surface area contributed by atoms with Crippen molar-refractivity contribution in [2.24, 2.45) is 0 Å². The number of nitrogens with zero attached hydrogens (tertiary/aromatic N) is 5. The zero-order valence-electron chi connectivity index (χ0n) is 16.7. The van der Waals surface area contributed by atoms with Crippen LogP contribution in [0, 0.1) is 12.7 Å². The molecule has 0 saturated carbocycles. The number of halogens is 1. The summed E-state index contributed by atoms with van der Waals surface area (Å²) in [6.07, 6.45) is 5.43. The summed E-state index contributed by atoms with van der Waals surface area (Å²) in [4.78, 5) is 11.1. The minimum Gasteiger partial charge on any atom is -0.336 e. The van der Waals surface area contributed by atoms with Crippen molar-refractivity contribution in [2.75, 3.05) is 20.6 Å². The van der Waals surface area contributed by atoms with Crippen LogP contribution >= 0.6 is 0 Å². The first-order chi connectivity index (χ1) is 14.0. The number of hydrogen-bond donors (Lipinski definition) is 1. The van der Waals surface area contributed by atoms with Gasteiger partial charge in [-0.3, -0.25) is 10.1 Å². The van der Waals surface area contributed by atoms with E-state index in [1.54, 1.807) is 12.4 Å². The fraction of sp³-hybridized carbons (Fsp3) is 0.227. The lowest BCUT2D eigenvalue weighted by Crippen LogP contribution is -2.17. The minimum atomic E-state index is -0.301. The van der Waals surface area contributed by atoms with Gasteiger partial charge in [0.2, 0.25) is 0 Å². The SMILES string of the molecule is Cc1cccc(-c2n[nH]cc2-c2ccc(F)c(-c3cn(CCN(C)C)cn3)c2)n1. The average molecular weight is 390 g/mol. The average Bonchev–Trinajstić information content (AvgIpc) is 3.36. The lowest BCUT2D eigenvalue weighted by molar-refractivity contribution is 0.384. The lowest BCUT2D eigenvalue weighted by Gasteiger charge is -2.09. The summed E-state index contributed by atoms with van der Waals surface area (Å²) >= 11 is 0. The predicted octanol–water partition coefficient (Wildman–Crippen LogP) is 4.01. The normalized spacial score (nSPS) is 11.3. The second-order valence-electron chi connectivity index (χ2n) is 7.31. The summed E-state index contributed by atoms with van der Waals surface area (Å²) < 4.78 is 16.6. The molecule has 0 aliphatic carbocycles. The van der Waals surface area contributed by atoms with Crippen LogP contribution in [0.4, 0.5) is 4.39 Å². The number of likely N-dealkylation sites (N-methyl/N-ethyl adjacent to an activating group) is 1. The van der Waals surface area contributed by atoms with E-state index in [1.807, 2.05) is 62.2 Å². The van der Waals surface area contributed by atoms with Gasteiger partial charge in [-0.2, -0.15) is 5.10 Å². The maximum Gasteiger partial charge on any atom is 0.132 e. The van der Waals surface area contributed by atoms with E-state index in [0.29, 0.717) is 11.3 Å². The Balaban J connectivity index is 1.69. The Hall–Kier alpha value is -3.32. The van der Waals surface area contributed by atoms with Gasteiger partial charge in [0.25, 0.3) is 0 Å². The molecule has 0 aliphatic rings. The molecule has 0 spiro atoms. The van der Waals surface area contributed by atoms with Crippen molar-refractivity contribution in [3.05, 3.63) is 66.6 Å². The Morgan fingerprint density at radius 3 is 2.76 bits per heavy atom. The highest BCUT2D eigenvalue weighted by atomic mass is 19.1. The number of aromatic amines is 1. The summed E-state index contributed by atoms with van der Waals surface area (Å²) in [5, 5.41) is 7.28. The summed E-state index contributed by atoms with van der Waals surface area (Å²) in [5.74, 6) is -0.301. The van der Waals surface area contributed by atoms with E-state index in [9.17, 15) is 4.39 Å². The summed E-state index contributed by atoms with van der Waals surface area (Å²) in [6, 6.07) is 10.9. The molecule has 3 aromatic heterocycles. The molecular formula is C22H23FN6. The quantitative estimate of drug-likeness (QED) is 0.540. The summed E-state index contributed by atoms with van der Waals surface area (Å²) in [6.45, 7) is 3.63. The van der Waals surface area contributed by atoms with E-state index in [1.165, 1.54) is 6.07 Å². The van der Waals surface area contributed by atoms with Crippen molar-refractivity contribution >= 4 is 0 Å². The molecule has 0 aliphatic heterocycles. The van der Waals surface area contributed by atoms with Crippen LogP contribution in [0.25, 0.3) is 33.8 Å². The second-order valence-corrected chi connectivity index (χ2v) is 7.31. The van der Waals surface area contributed by atoms with Crippen molar-refractivity contribution < 1.29 is 4.39 Å². The topological polar surface area (TPSA) is 62.6 Å². The van der Waals surface area contributed by atoms with Crippen molar-refractivity contribution in [3.8, 4) is 33.8 Å². The third-order valence-corrected chi connectivity index (χ3v) is 4.76. The Morgan fingerprint density at radius 2 is 1.97 bits per heavy atom. The number of rotatable bonds is 6. The van der Waals surface area contributed by atoms with Crippen LogP contribution in [0.2, 0.25) is 0 Å². The van der Waals surface area contributed by atoms with Crippen molar-refractivity contribution in [1.82, 2.24) is 29.6 Å². The number of benzene rings is 1. The van der Waals surface area contributed by atoms with Crippen LogP contribution in [-0.4, -0.2) is 50.3 Å². The molecule has 1 N–H and O–H groups in total. The molecule has 148 valence electrons. The first-order valence-electron chi connectivity index (χ1n) is 9.46. The van der Waals surface area contributed by atoms with E-state index in [0.717, 1.165) is 41.3 Å². The van der Waals surface area contributed by atoms with Crippen molar-refractivity contribution in [3.63, 3.8) is 0 Å². The van der Waals surface area contributed by atoms with Crippen molar-refractivity contribution in [1.29, 1.82) is 0 Å². The second kappa shape index (κ2) is 7.97. The van der Waals surface area contributed by atoms with Gasteiger partial charge < -0.3 is 9.47 Å². The molecule has 6 nitrogen and oxygen atoms in total. The molecule has 3 heterocycles. The zero-order valence-corrected chi connectivity index (χ0v) is 16.7. The third-order valence-electron chi connectivity index (χ3n) is 4.76. The molecule has 1 aromatic carbocycles.